The van der Waals surface area contributed by atoms with Crippen LogP contribution in [0.1, 0.15) is 23.4 Å². The quantitative estimate of drug-likeness (QED) is 0.503. The van der Waals surface area contributed by atoms with Gasteiger partial charge in [-0.3, -0.25) is 4.79 Å². The number of hydrogen-bond acceptors (Lipinski definition) is 5. The molecule has 0 aliphatic rings. The number of carbonyl (C=O) groups excluding carboxylic acids is 1. The third-order valence-electron chi connectivity index (χ3n) is 4.23. The zero-order valence-electron chi connectivity index (χ0n) is 16.3. The molecule has 12 heteroatoms. The SMILES string of the molecule is COc1cccc(-c2noc(CCC(=O)Nc3cc(C(F)(F)F)cc(C(F)(F)F)c3)n2)c1. The number of halogens is 6. The minimum Gasteiger partial charge on any atom is -0.497 e. The smallest absolute Gasteiger partial charge is 0.416 e. The number of ether oxygens (including phenoxy) is 1. The lowest BCUT2D eigenvalue weighted by Crippen LogP contribution is -2.16. The first-order chi connectivity index (χ1) is 15.0. The van der Waals surface area contributed by atoms with Crippen LogP contribution in [0.25, 0.3) is 11.4 Å². The maximum atomic E-state index is 12.9. The number of methoxy groups -OCH3 is 1. The number of nitrogens with one attached hydrogen (secondary N) is 1. The maximum absolute atomic E-state index is 12.9. The molecule has 0 aliphatic heterocycles. The fourth-order valence-corrected chi connectivity index (χ4v) is 2.71. The number of anilines is 1. The monoisotopic (exact) mass is 459 g/mol. The van der Waals surface area contributed by atoms with Gasteiger partial charge in [-0.2, -0.15) is 31.3 Å². The molecular formula is C20H15F6N3O3. The van der Waals surface area contributed by atoms with Crippen LogP contribution in [0.15, 0.2) is 47.0 Å². The Labute approximate surface area is 177 Å². The van der Waals surface area contributed by atoms with Crippen LogP contribution in [0.3, 0.4) is 0 Å². The molecule has 3 rings (SSSR count). The van der Waals surface area contributed by atoms with Gasteiger partial charge >= 0.3 is 12.4 Å². The number of alkyl halides is 6. The van der Waals surface area contributed by atoms with Crippen molar-refractivity contribution in [2.24, 2.45) is 0 Å². The molecule has 1 amide bonds. The molecule has 32 heavy (non-hydrogen) atoms. The van der Waals surface area contributed by atoms with Gasteiger partial charge in [-0.05, 0) is 30.3 Å². The van der Waals surface area contributed by atoms with Gasteiger partial charge in [0.2, 0.25) is 17.6 Å². The number of hydrogen-bond donors (Lipinski definition) is 1. The van der Waals surface area contributed by atoms with E-state index in [9.17, 15) is 31.1 Å². The minimum absolute atomic E-state index is 0.0196. The van der Waals surface area contributed by atoms with Crippen molar-refractivity contribution in [1.29, 1.82) is 0 Å². The Morgan fingerprint density at radius 3 is 2.28 bits per heavy atom. The number of rotatable bonds is 6. The molecule has 0 atom stereocenters. The molecule has 3 aromatic rings. The number of carbonyl (C=O) groups is 1. The molecule has 0 spiro atoms. The predicted octanol–water partition coefficient (Wildman–Crippen LogP) is 5.35. The predicted molar refractivity (Wildman–Crippen MR) is 99.7 cm³/mol. The van der Waals surface area contributed by atoms with Crippen LogP contribution in [0.2, 0.25) is 0 Å². The summed E-state index contributed by atoms with van der Waals surface area (Å²) in [5, 5.41) is 5.82. The summed E-state index contributed by atoms with van der Waals surface area (Å²) in [4.78, 5) is 16.2. The summed E-state index contributed by atoms with van der Waals surface area (Å²) in [6.07, 6.45) is -10.4. The zero-order valence-corrected chi connectivity index (χ0v) is 16.3. The summed E-state index contributed by atoms with van der Waals surface area (Å²) < 4.78 is 87.6. The third-order valence-corrected chi connectivity index (χ3v) is 4.23. The molecular weight excluding hydrogens is 444 g/mol. The van der Waals surface area contributed by atoms with Gasteiger partial charge in [0.15, 0.2) is 0 Å². The molecule has 1 heterocycles. The number of benzene rings is 2. The minimum atomic E-state index is -5.01. The van der Waals surface area contributed by atoms with E-state index in [1.165, 1.54) is 7.11 Å². The first kappa shape index (κ1) is 23.1. The van der Waals surface area contributed by atoms with E-state index in [0.717, 1.165) is 0 Å². The Balaban J connectivity index is 1.68. The highest BCUT2D eigenvalue weighted by Gasteiger charge is 2.37. The van der Waals surface area contributed by atoms with Crippen molar-refractivity contribution in [3.8, 4) is 17.1 Å². The van der Waals surface area contributed by atoms with Crippen molar-refractivity contribution in [3.63, 3.8) is 0 Å². The molecule has 6 nitrogen and oxygen atoms in total. The van der Waals surface area contributed by atoms with Crippen LogP contribution >= 0.6 is 0 Å². The summed E-state index contributed by atoms with van der Waals surface area (Å²) in [7, 11) is 1.49. The van der Waals surface area contributed by atoms with Gasteiger partial charge in [-0.1, -0.05) is 17.3 Å². The van der Waals surface area contributed by atoms with Gasteiger partial charge in [0, 0.05) is 24.1 Å². The Morgan fingerprint density at radius 1 is 1.03 bits per heavy atom. The van der Waals surface area contributed by atoms with Crippen molar-refractivity contribution < 1.29 is 40.4 Å². The summed E-state index contributed by atoms with van der Waals surface area (Å²) in [6, 6.07) is 7.63. The third kappa shape index (κ3) is 5.77. The lowest BCUT2D eigenvalue weighted by Gasteiger charge is -2.14. The summed E-state index contributed by atoms with van der Waals surface area (Å²) in [6.45, 7) is 0. The van der Waals surface area contributed by atoms with Crippen LogP contribution in [0.4, 0.5) is 32.0 Å². The Kier molecular flexibility index (Phi) is 6.42. The average Bonchev–Trinajstić information content (AvgIpc) is 3.20. The topological polar surface area (TPSA) is 77.2 Å². The first-order valence-corrected chi connectivity index (χ1v) is 9.02. The van der Waals surface area contributed by atoms with Gasteiger partial charge in [-0.15, -0.1) is 0 Å². The maximum Gasteiger partial charge on any atom is 0.416 e. The van der Waals surface area contributed by atoms with Gasteiger partial charge in [0.05, 0.1) is 18.2 Å². The van der Waals surface area contributed by atoms with Crippen LogP contribution in [0, 0.1) is 0 Å². The van der Waals surface area contributed by atoms with E-state index in [0.29, 0.717) is 23.4 Å². The van der Waals surface area contributed by atoms with Crippen molar-refractivity contribution in [2.75, 3.05) is 12.4 Å². The molecule has 2 aromatic carbocycles. The fraction of sp³-hybridized carbons (Fsp3) is 0.250. The van der Waals surface area contributed by atoms with Crippen LogP contribution in [0.5, 0.6) is 5.75 Å². The van der Waals surface area contributed by atoms with E-state index in [1.807, 2.05) is 5.32 Å². The van der Waals surface area contributed by atoms with Gasteiger partial charge in [0.1, 0.15) is 5.75 Å². The first-order valence-electron chi connectivity index (χ1n) is 9.02. The molecule has 0 aliphatic carbocycles. The van der Waals surface area contributed by atoms with Gasteiger partial charge in [-0.25, -0.2) is 0 Å². The summed E-state index contributed by atoms with van der Waals surface area (Å²) in [5.41, 5.74) is -3.09. The van der Waals surface area contributed by atoms with Crippen LogP contribution < -0.4 is 10.1 Å². The number of nitrogens with zero attached hydrogens (tertiary/aromatic N) is 2. The standard InChI is InChI=1S/C20H15F6N3O3/c1-31-15-4-2-3-11(7-15)18-28-17(32-29-18)6-5-16(30)27-14-9-12(19(21,22)23)8-13(10-14)20(24,25)26/h2-4,7-10H,5-6H2,1H3,(H,27,30). The average molecular weight is 459 g/mol. The van der Waals surface area contributed by atoms with E-state index >= 15 is 0 Å². The highest BCUT2D eigenvalue weighted by atomic mass is 19.4. The second-order valence-electron chi connectivity index (χ2n) is 6.59. The van der Waals surface area contributed by atoms with E-state index < -0.39 is 35.1 Å². The van der Waals surface area contributed by atoms with Crippen LogP contribution in [-0.4, -0.2) is 23.2 Å². The molecule has 0 unspecified atom stereocenters. The number of amides is 1. The normalized spacial score (nSPS) is 12.0. The highest BCUT2D eigenvalue weighted by Crippen LogP contribution is 2.37. The highest BCUT2D eigenvalue weighted by molar-refractivity contribution is 5.91. The van der Waals surface area contributed by atoms with Gasteiger partial charge < -0.3 is 14.6 Å². The zero-order chi connectivity index (χ0) is 23.5. The summed E-state index contributed by atoms with van der Waals surface area (Å²) >= 11 is 0. The molecule has 1 N–H and O–H groups in total. The molecule has 0 bridgehead atoms. The van der Waals surface area contributed by atoms with Crippen molar-refractivity contribution in [1.82, 2.24) is 10.1 Å². The number of aryl methyl sites for hydroxylation is 1. The second kappa shape index (κ2) is 8.89. The second-order valence-corrected chi connectivity index (χ2v) is 6.59. The van der Waals surface area contributed by atoms with E-state index in [-0.39, 0.29) is 30.6 Å². The lowest BCUT2D eigenvalue weighted by atomic mass is 10.1. The molecule has 170 valence electrons. The van der Waals surface area contributed by atoms with Gasteiger partial charge in [0.25, 0.3) is 0 Å². The fourth-order valence-electron chi connectivity index (χ4n) is 2.71. The lowest BCUT2D eigenvalue weighted by molar-refractivity contribution is -0.143. The molecule has 0 fully saturated rings. The van der Waals surface area contributed by atoms with E-state index in [4.69, 9.17) is 9.26 Å². The summed E-state index contributed by atoms with van der Waals surface area (Å²) in [5.74, 6) is 0.0381. The van der Waals surface area contributed by atoms with Crippen molar-refractivity contribution in [2.45, 2.75) is 25.2 Å². The molecule has 0 radical (unpaired) electrons. The van der Waals surface area contributed by atoms with E-state index in [1.54, 1.807) is 24.3 Å². The van der Waals surface area contributed by atoms with E-state index in [2.05, 4.69) is 10.1 Å². The Morgan fingerprint density at radius 2 is 1.69 bits per heavy atom. The number of aromatic nitrogens is 2. The molecule has 0 saturated heterocycles. The molecule has 1 aromatic heterocycles. The molecule has 0 saturated carbocycles. The Hall–Kier alpha value is -3.57. The van der Waals surface area contributed by atoms with Crippen molar-refractivity contribution >= 4 is 11.6 Å². The van der Waals surface area contributed by atoms with Crippen molar-refractivity contribution in [3.05, 3.63) is 59.5 Å². The van der Waals surface area contributed by atoms with Crippen LogP contribution in [-0.2, 0) is 23.6 Å². The largest absolute Gasteiger partial charge is 0.497 e. The Bertz CT molecular complexity index is 1080.